The van der Waals surface area contributed by atoms with Crippen molar-refractivity contribution in [3.05, 3.63) is 64.4 Å². The minimum absolute atomic E-state index is 0.173. The predicted molar refractivity (Wildman–Crippen MR) is 130 cm³/mol. The van der Waals surface area contributed by atoms with Gasteiger partial charge in [0.05, 0.1) is 5.52 Å². The van der Waals surface area contributed by atoms with E-state index in [0.29, 0.717) is 23.6 Å². The number of aromatic amines is 1. The number of oxazole rings is 1. The molecule has 1 heterocycles. The van der Waals surface area contributed by atoms with Crippen LogP contribution in [0.4, 0.5) is 4.39 Å². The van der Waals surface area contributed by atoms with Crippen molar-refractivity contribution < 1.29 is 8.81 Å². The first-order valence-electron chi connectivity index (χ1n) is 11.8. The lowest BCUT2D eigenvalue weighted by Gasteiger charge is -2.40. The average molecular weight is 457 g/mol. The first-order valence-corrected chi connectivity index (χ1v) is 12.8. The fraction of sp³-hybridized carbons (Fsp3) is 0.500. The number of halogens is 1. The minimum atomic E-state index is -0.385. The van der Waals surface area contributed by atoms with E-state index in [0.717, 1.165) is 29.1 Å². The predicted octanol–water partition coefficient (Wildman–Crippen LogP) is 6.57. The maximum absolute atomic E-state index is 13.0. The lowest BCUT2D eigenvalue weighted by atomic mass is 9.80. The van der Waals surface area contributed by atoms with Crippen LogP contribution < -0.4 is 5.76 Å². The Morgan fingerprint density at radius 2 is 1.91 bits per heavy atom. The van der Waals surface area contributed by atoms with Crippen LogP contribution in [-0.4, -0.2) is 34.3 Å². The number of fused-ring (bicyclic) bond motifs is 1. The summed E-state index contributed by atoms with van der Waals surface area (Å²) < 4.78 is 18.3. The van der Waals surface area contributed by atoms with Crippen LogP contribution in [0.5, 0.6) is 0 Å². The second-order valence-corrected chi connectivity index (χ2v) is 10.1. The van der Waals surface area contributed by atoms with Crippen molar-refractivity contribution >= 4 is 22.9 Å². The summed E-state index contributed by atoms with van der Waals surface area (Å²) in [6.07, 6.45) is 7.12. The number of nitrogens with zero attached hydrogens (tertiary/aromatic N) is 1. The van der Waals surface area contributed by atoms with Gasteiger partial charge >= 0.3 is 5.76 Å². The Bertz CT molecular complexity index is 1050. The molecule has 0 radical (unpaired) electrons. The van der Waals surface area contributed by atoms with Gasteiger partial charge in [0.1, 0.15) is 5.82 Å². The number of benzene rings is 2. The number of nitrogens with one attached hydrogen (secondary N) is 1. The average Bonchev–Trinajstić information content (AvgIpc) is 3.18. The molecule has 32 heavy (non-hydrogen) atoms. The molecule has 1 aliphatic carbocycles. The molecule has 1 N–H and O–H groups in total. The SMILES string of the molecule is CCN(C1CCC(c2ccc3[nH]c(=O)oc3c2)CC1)[C@@H](C)CCCSc1ccc(F)cc1. The summed E-state index contributed by atoms with van der Waals surface area (Å²) in [7, 11) is 0. The van der Waals surface area contributed by atoms with Gasteiger partial charge < -0.3 is 4.42 Å². The number of hydrogen-bond donors (Lipinski definition) is 1. The Morgan fingerprint density at radius 3 is 2.62 bits per heavy atom. The Kier molecular flexibility index (Phi) is 7.74. The van der Waals surface area contributed by atoms with Gasteiger partial charge in [0.25, 0.3) is 0 Å². The third kappa shape index (κ3) is 5.65. The van der Waals surface area contributed by atoms with Crippen molar-refractivity contribution in [2.45, 2.75) is 75.3 Å². The third-order valence-corrected chi connectivity index (χ3v) is 7.96. The van der Waals surface area contributed by atoms with Crippen LogP contribution in [0, 0.1) is 5.82 Å². The smallest absolute Gasteiger partial charge is 0.408 e. The molecule has 1 aliphatic rings. The zero-order chi connectivity index (χ0) is 22.5. The highest BCUT2D eigenvalue weighted by atomic mass is 32.2. The molecule has 1 aromatic heterocycles. The molecule has 0 aliphatic heterocycles. The van der Waals surface area contributed by atoms with Crippen LogP contribution in [-0.2, 0) is 0 Å². The van der Waals surface area contributed by atoms with E-state index in [4.69, 9.17) is 4.42 Å². The molecule has 172 valence electrons. The summed E-state index contributed by atoms with van der Waals surface area (Å²) in [5.41, 5.74) is 2.72. The number of rotatable bonds is 9. The van der Waals surface area contributed by atoms with Crippen molar-refractivity contribution in [1.29, 1.82) is 0 Å². The fourth-order valence-electron chi connectivity index (χ4n) is 5.15. The van der Waals surface area contributed by atoms with Crippen molar-refractivity contribution in [2.75, 3.05) is 12.3 Å². The summed E-state index contributed by atoms with van der Waals surface area (Å²) in [6, 6.07) is 14.1. The van der Waals surface area contributed by atoms with E-state index in [2.05, 4.69) is 29.8 Å². The van der Waals surface area contributed by atoms with E-state index >= 15 is 0 Å². The van der Waals surface area contributed by atoms with Crippen LogP contribution in [0.1, 0.15) is 63.9 Å². The Labute approximate surface area is 193 Å². The van der Waals surface area contributed by atoms with Gasteiger partial charge in [-0.1, -0.05) is 13.0 Å². The van der Waals surface area contributed by atoms with Gasteiger partial charge in [-0.15, -0.1) is 11.8 Å². The van der Waals surface area contributed by atoms with Crippen molar-refractivity contribution in [2.24, 2.45) is 0 Å². The summed E-state index contributed by atoms with van der Waals surface area (Å²) in [5.74, 6) is 1.05. The van der Waals surface area contributed by atoms with Crippen molar-refractivity contribution in [3.63, 3.8) is 0 Å². The molecule has 1 fully saturated rings. The van der Waals surface area contributed by atoms with E-state index in [9.17, 15) is 9.18 Å². The molecule has 1 saturated carbocycles. The van der Waals surface area contributed by atoms with Gasteiger partial charge in [-0.25, -0.2) is 9.18 Å². The van der Waals surface area contributed by atoms with Gasteiger partial charge in [0, 0.05) is 17.0 Å². The molecule has 4 rings (SSSR count). The molecule has 3 aromatic rings. The summed E-state index contributed by atoms with van der Waals surface area (Å²) >= 11 is 1.81. The van der Waals surface area contributed by atoms with E-state index < -0.39 is 0 Å². The molecular formula is C26H33FN2O2S. The number of H-pyrrole nitrogens is 1. The summed E-state index contributed by atoms with van der Waals surface area (Å²) in [5, 5.41) is 0. The van der Waals surface area contributed by atoms with E-state index in [1.54, 1.807) is 0 Å². The molecule has 6 heteroatoms. The Hall–Kier alpha value is -2.05. The second kappa shape index (κ2) is 10.7. The molecule has 0 saturated heterocycles. The van der Waals surface area contributed by atoms with Gasteiger partial charge in [0.15, 0.2) is 5.58 Å². The van der Waals surface area contributed by atoms with Gasteiger partial charge in [-0.3, -0.25) is 9.88 Å². The highest BCUT2D eigenvalue weighted by Gasteiger charge is 2.28. The van der Waals surface area contributed by atoms with Crippen molar-refractivity contribution in [3.8, 4) is 0 Å². The van der Waals surface area contributed by atoms with Gasteiger partial charge in [-0.05, 0) is 106 Å². The van der Waals surface area contributed by atoms with E-state index in [1.165, 1.54) is 49.8 Å². The topological polar surface area (TPSA) is 49.2 Å². The number of aromatic nitrogens is 1. The lowest BCUT2D eigenvalue weighted by Crippen LogP contribution is -2.43. The minimum Gasteiger partial charge on any atom is -0.408 e. The third-order valence-electron chi connectivity index (χ3n) is 6.86. The van der Waals surface area contributed by atoms with E-state index in [1.807, 2.05) is 36.0 Å². The fourth-order valence-corrected chi connectivity index (χ4v) is 6.03. The Morgan fingerprint density at radius 1 is 1.16 bits per heavy atom. The highest BCUT2D eigenvalue weighted by molar-refractivity contribution is 7.99. The first-order chi connectivity index (χ1) is 15.5. The van der Waals surface area contributed by atoms with Crippen LogP contribution in [0.25, 0.3) is 11.1 Å². The standard InChI is InChI=1S/C26H33FN2O2S/c1-3-29(18(2)5-4-16-32-23-13-9-21(27)10-14-23)22-11-6-19(7-12-22)20-8-15-24-25(17-20)31-26(30)28-24/h8-10,13-15,17-19,22H,3-7,11-12,16H2,1-2H3,(H,28,30)/t18-,19?,22?/m0/s1. The van der Waals surface area contributed by atoms with Crippen molar-refractivity contribution in [1.82, 2.24) is 9.88 Å². The zero-order valence-electron chi connectivity index (χ0n) is 19.0. The van der Waals surface area contributed by atoms with Gasteiger partial charge in [0.2, 0.25) is 0 Å². The first kappa shape index (κ1) is 23.1. The van der Waals surface area contributed by atoms with Crippen LogP contribution in [0.15, 0.2) is 56.6 Å². The molecular weight excluding hydrogens is 423 g/mol. The van der Waals surface area contributed by atoms with E-state index in [-0.39, 0.29) is 11.6 Å². The van der Waals surface area contributed by atoms with Crippen LogP contribution >= 0.6 is 11.8 Å². The number of hydrogen-bond acceptors (Lipinski definition) is 4. The summed E-state index contributed by atoms with van der Waals surface area (Å²) in [4.78, 5) is 18.0. The second-order valence-electron chi connectivity index (χ2n) is 8.90. The quantitative estimate of drug-likeness (QED) is 0.292. The molecule has 0 amide bonds. The molecule has 4 nitrogen and oxygen atoms in total. The monoisotopic (exact) mass is 456 g/mol. The summed E-state index contributed by atoms with van der Waals surface area (Å²) in [6.45, 7) is 5.72. The lowest BCUT2D eigenvalue weighted by molar-refractivity contribution is 0.108. The zero-order valence-corrected chi connectivity index (χ0v) is 19.8. The largest absolute Gasteiger partial charge is 0.417 e. The Balaban J connectivity index is 1.25. The normalized spacial score (nSPS) is 20.1. The molecule has 1 atom stereocenters. The molecule has 2 aromatic carbocycles. The molecule has 0 bridgehead atoms. The maximum atomic E-state index is 13.0. The molecule has 0 spiro atoms. The van der Waals surface area contributed by atoms with Gasteiger partial charge in [-0.2, -0.15) is 0 Å². The molecule has 0 unspecified atom stereocenters. The maximum Gasteiger partial charge on any atom is 0.417 e. The number of thioether (sulfide) groups is 1. The van der Waals surface area contributed by atoms with Crippen LogP contribution in [0.2, 0.25) is 0 Å². The van der Waals surface area contributed by atoms with Crippen LogP contribution in [0.3, 0.4) is 0 Å². The highest BCUT2D eigenvalue weighted by Crippen LogP contribution is 2.36.